The fourth-order valence-corrected chi connectivity index (χ4v) is 3.20. The van der Waals surface area contributed by atoms with E-state index < -0.39 is 0 Å². The van der Waals surface area contributed by atoms with Crippen LogP contribution in [0.15, 0.2) is 30.3 Å². The summed E-state index contributed by atoms with van der Waals surface area (Å²) in [5, 5.41) is 3.63. The molecule has 0 radical (unpaired) electrons. The fraction of sp³-hybridized carbons (Fsp3) is 0.667. The molecule has 0 amide bonds. The van der Waals surface area contributed by atoms with Crippen LogP contribution in [0.5, 0.6) is 0 Å². The molecule has 0 aliphatic carbocycles. The Morgan fingerprint density at radius 2 is 2.00 bits per heavy atom. The van der Waals surface area contributed by atoms with E-state index in [1.807, 2.05) is 0 Å². The molecule has 3 nitrogen and oxygen atoms in total. The van der Waals surface area contributed by atoms with E-state index in [4.69, 9.17) is 4.74 Å². The van der Waals surface area contributed by atoms with Gasteiger partial charge < -0.3 is 10.1 Å². The number of benzene rings is 1. The van der Waals surface area contributed by atoms with Crippen LogP contribution in [0.1, 0.15) is 39.3 Å². The van der Waals surface area contributed by atoms with Crippen LogP contribution in [-0.2, 0) is 4.74 Å². The van der Waals surface area contributed by atoms with Gasteiger partial charge in [0.1, 0.15) is 0 Å². The Kier molecular flexibility index (Phi) is 6.22. The average molecular weight is 290 g/mol. The summed E-state index contributed by atoms with van der Waals surface area (Å²) in [5.74, 6) is 0.591. The quantitative estimate of drug-likeness (QED) is 0.871. The van der Waals surface area contributed by atoms with Crippen molar-refractivity contribution in [2.45, 2.75) is 45.8 Å². The molecule has 118 valence electrons. The molecular weight excluding hydrogens is 260 g/mol. The highest BCUT2D eigenvalue weighted by molar-refractivity contribution is 5.20. The van der Waals surface area contributed by atoms with Crippen LogP contribution in [0.25, 0.3) is 0 Å². The molecular formula is C18H30N2O. The van der Waals surface area contributed by atoms with Crippen LogP contribution in [-0.4, -0.2) is 43.3 Å². The topological polar surface area (TPSA) is 24.5 Å². The van der Waals surface area contributed by atoms with Gasteiger partial charge in [-0.25, -0.2) is 0 Å². The zero-order chi connectivity index (χ0) is 15.2. The minimum absolute atomic E-state index is 0.440. The zero-order valence-corrected chi connectivity index (χ0v) is 13.9. The van der Waals surface area contributed by atoms with Crippen LogP contribution >= 0.6 is 0 Å². The van der Waals surface area contributed by atoms with E-state index in [1.54, 1.807) is 0 Å². The first-order valence-electron chi connectivity index (χ1n) is 8.25. The summed E-state index contributed by atoms with van der Waals surface area (Å²) in [4.78, 5) is 2.65. The number of ether oxygens (including phenoxy) is 1. The van der Waals surface area contributed by atoms with Gasteiger partial charge in [0.05, 0.1) is 6.61 Å². The largest absolute Gasteiger partial charge is 0.380 e. The SMILES string of the molecule is CCOCC(C(C)C)N1CC(C)NCC1c1ccccc1. The molecule has 2 rings (SSSR count). The highest BCUT2D eigenvalue weighted by Crippen LogP contribution is 2.28. The molecule has 21 heavy (non-hydrogen) atoms. The second-order valence-corrected chi connectivity index (χ2v) is 6.40. The van der Waals surface area contributed by atoms with Crippen molar-refractivity contribution in [3.8, 4) is 0 Å². The molecule has 1 aliphatic rings. The molecule has 1 aromatic rings. The van der Waals surface area contributed by atoms with Gasteiger partial charge in [0.2, 0.25) is 0 Å². The first-order valence-corrected chi connectivity index (χ1v) is 8.25. The first kappa shape index (κ1) is 16.5. The van der Waals surface area contributed by atoms with Crippen molar-refractivity contribution in [3.63, 3.8) is 0 Å². The van der Waals surface area contributed by atoms with Crippen LogP contribution in [0.2, 0.25) is 0 Å². The van der Waals surface area contributed by atoms with Gasteiger partial charge in [0.15, 0.2) is 0 Å². The number of hydrogen-bond donors (Lipinski definition) is 1. The lowest BCUT2D eigenvalue weighted by molar-refractivity contribution is 0.00198. The van der Waals surface area contributed by atoms with Gasteiger partial charge in [-0.3, -0.25) is 4.90 Å². The van der Waals surface area contributed by atoms with Gasteiger partial charge in [-0.15, -0.1) is 0 Å². The van der Waals surface area contributed by atoms with Gasteiger partial charge in [-0.1, -0.05) is 44.2 Å². The maximum Gasteiger partial charge on any atom is 0.0624 e. The van der Waals surface area contributed by atoms with E-state index in [1.165, 1.54) is 5.56 Å². The Morgan fingerprint density at radius 1 is 1.29 bits per heavy atom. The molecule has 0 saturated carbocycles. The van der Waals surface area contributed by atoms with Gasteiger partial charge in [-0.2, -0.15) is 0 Å². The molecule has 1 saturated heterocycles. The highest BCUT2D eigenvalue weighted by atomic mass is 16.5. The molecule has 3 atom stereocenters. The summed E-state index contributed by atoms with van der Waals surface area (Å²) in [7, 11) is 0. The van der Waals surface area contributed by atoms with Crippen LogP contribution < -0.4 is 5.32 Å². The summed E-state index contributed by atoms with van der Waals surface area (Å²) in [6.45, 7) is 12.7. The van der Waals surface area contributed by atoms with Crippen LogP contribution in [0.3, 0.4) is 0 Å². The predicted molar refractivity (Wildman–Crippen MR) is 88.5 cm³/mol. The summed E-state index contributed by atoms with van der Waals surface area (Å²) in [6, 6.07) is 12.3. The zero-order valence-electron chi connectivity index (χ0n) is 13.9. The van der Waals surface area contributed by atoms with E-state index in [0.29, 0.717) is 24.0 Å². The van der Waals surface area contributed by atoms with Crippen molar-refractivity contribution >= 4 is 0 Å². The smallest absolute Gasteiger partial charge is 0.0624 e. The average Bonchev–Trinajstić information content (AvgIpc) is 2.48. The van der Waals surface area contributed by atoms with E-state index in [9.17, 15) is 0 Å². The van der Waals surface area contributed by atoms with E-state index >= 15 is 0 Å². The molecule has 1 N–H and O–H groups in total. The summed E-state index contributed by atoms with van der Waals surface area (Å²) < 4.78 is 5.77. The third-order valence-electron chi connectivity index (χ3n) is 4.42. The van der Waals surface area contributed by atoms with Gasteiger partial charge in [-0.05, 0) is 25.3 Å². The summed E-state index contributed by atoms with van der Waals surface area (Å²) in [6.07, 6.45) is 0. The summed E-state index contributed by atoms with van der Waals surface area (Å²) in [5.41, 5.74) is 1.40. The molecule has 1 heterocycles. The molecule has 1 fully saturated rings. The number of hydrogen-bond acceptors (Lipinski definition) is 3. The second kappa shape index (κ2) is 7.92. The highest BCUT2D eigenvalue weighted by Gasteiger charge is 2.33. The molecule has 0 bridgehead atoms. The van der Waals surface area contributed by atoms with Crippen molar-refractivity contribution in [3.05, 3.63) is 35.9 Å². The van der Waals surface area contributed by atoms with Crippen molar-refractivity contribution in [2.24, 2.45) is 5.92 Å². The molecule has 3 heteroatoms. The third-order valence-corrected chi connectivity index (χ3v) is 4.42. The van der Waals surface area contributed by atoms with Gasteiger partial charge in [0, 0.05) is 37.8 Å². The lowest BCUT2D eigenvalue weighted by Gasteiger charge is -2.45. The maximum atomic E-state index is 5.77. The van der Waals surface area contributed by atoms with E-state index in [-0.39, 0.29) is 0 Å². The van der Waals surface area contributed by atoms with E-state index in [0.717, 1.165) is 26.3 Å². The maximum absolute atomic E-state index is 5.77. The van der Waals surface area contributed by atoms with Gasteiger partial charge >= 0.3 is 0 Å². The Hall–Kier alpha value is -0.900. The predicted octanol–water partition coefficient (Wildman–Crippen LogP) is 3.08. The lowest BCUT2D eigenvalue weighted by atomic mass is 9.94. The fourth-order valence-electron chi connectivity index (χ4n) is 3.20. The molecule has 1 aliphatic heterocycles. The van der Waals surface area contributed by atoms with Crippen LogP contribution in [0, 0.1) is 5.92 Å². The molecule has 3 unspecified atom stereocenters. The number of nitrogens with zero attached hydrogens (tertiary/aromatic N) is 1. The molecule has 1 aromatic carbocycles. The lowest BCUT2D eigenvalue weighted by Crippen LogP contribution is -2.56. The number of nitrogens with one attached hydrogen (secondary N) is 1. The first-order chi connectivity index (χ1) is 10.1. The van der Waals surface area contributed by atoms with E-state index in [2.05, 4.69) is 68.2 Å². The Morgan fingerprint density at radius 3 is 2.62 bits per heavy atom. The van der Waals surface area contributed by atoms with Crippen LogP contribution in [0.4, 0.5) is 0 Å². The Labute approximate surface area is 129 Å². The normalized spacial score (nSPS) is 25.2. The standard InChI is InChI=1S/C18H30N2O/c1-5-21-13-18(14(2)3)20-12-15(4)19-11-17(20)16-9-7-6-8-10-16/h6-10,14-15,17-19H,5,11-13H2,1-4H3. The Balaban J connectivity index is 2.20. The molecule has 0 spiro atoms. The van der Waals surface area contributed by atoms with Crippen molar-refractivity contribution in [2.75, 3.05) is 26.3 Å². The van der Waals surface area contributed by atoms with Crippen molar-refractivity contribution in [1.29, 1.82) is 0 Å². The van der Waals surface area contributed by atoms with Crippen molar-refractivity contribution in [1.82, 2.24) is 10.2 Å². The Bertz CT molecular complexity index is 407. The molecule has 0 aromatic heterocycles. The second-order valence-electron chi connectivity index (χ2n) is 6.40. The minimum Gasteiger partial charge on any atom is -0.380 e. The van der Waals surface area contributed by atoms with Crippen molar-refractivity contribution < 1.29 is 4.74 Å². The summed E-state index contributed by atoms with van der Waals surface area (Å²) >= 11 is 0. The van der Waals surface area contributed by atoms with Gasteiger partial charge in [0.25, 0.3) is 0 Å². The number of piperazine rings is 1. The monoisotopic (exact) mass is 290 g/mol. The number of rotatable bonds is 6. The minimum atomic E-state index is 0.440. The third kappa shape index (κ3) is 4.29.